The summed E-state index contributed by atoms with van der Waals surface area (Å²) in [6, 6.07) is 0.365. The molecule has 0 heterocycles. The maximum Gasteiger partial charge on any atom is 0.220 e. The van der Waals surface area contributed by atoms with Gasteiger partial charge in [-0.2, -0.15) is 0 Å². The highest BCUT2D eigenvalue weighted by Gasteiger charge is 2.19. The van der Waals surface area contributed by atoms with Crippen LogP contribution < -0.4 is 11.1 Å². The Morgan fingerprint density at radius 2 is 2.05 bits per heavy atom. The van der Waals surface area contributed by atoms with Crippen LogP contribution in [0, 0.1) is 5.92 Å². The van der Waals surface area contributed by atoms with Crippen molar-refractivity contribution >= 4 is 5.91 Å². The van der Waals surface area contributed by atoms with Crippen LogP contribution >= 0.6 is 0 Å². The maximum atomic E-state index is 11.8. The second-order valence-corrected chi connectivity index (χ2v) is 5.71. The lowest BCUT2D eigenvalue weighted by atomic mass is 9.83. The summed E-state index contributed by atoms with van der Waals surface area (Å²) in [5.74, 6) is 0.864. The van der Waals surface area contributed by atoms with E-state index in [9.17, 15) is 4.79 Å². The van der Waals surface area contributed by atoms with Crippen LogP contribution in [0.25, 0.3) is 0 Å². The van der Waals surface area contributed by atoms with Gasteiger partial charge < -0.3 is 16.0 Å². The molecule has 19 heavy (non-hydrogen) atoms. The molecule has 0 aliphatic heterocycles. The highest BCUT2D eigenvalue weighted by Crippen LogP contribution is 2.26. The van der Waals surface area contributed by atoms with Crippen molar-refractivity contribution in [1.29, 1.82) is 0 Å². The van der Waals surface area contributed by atoms with Crippen LogP contribution in [0.15, 0.2) is 0 Å². The van der Waals surface area contributed by atoms with Gasteiger partial charge in [-0.3, -0.25) is 4.79 Å². The predicted molar refractivity (Wildman–Crippen MR) is 80.0 cm³/mol. The predicted octanol–water partition coefficient (Wildman–Crippen LogP) is 1.74. The van der Waals surface area contributed by atoms with E-state index in [0.717, 1.165) is 45.4 Å². The van der Waals surface area contributed by atoms with E-state index in [2.05, 4.69) is 24.1 Å². The van der Waals surface area contributed by atoms with Gasteiger partial charge >= 0.3 is 0 Å². The van der Waals surface area contributed by atoms with Crippen LogP contribution in [0.1, 0.15) is 52.4 Å². The van der Waals surface area contributed by atoms with Gasteiger partial charge in [0.1, 0.15) is 0 Å². The molecule has 0 aromatic rings. The van der Waals surface area contributed by atoms with Gasteiger partial charge in [0.25, 0.3) is 0 Å². The van der Waals surface area contributed by atoms with E-state index in [4.69, 9.17) is 5.73 Å². The topological polar surface area (TPSA) is 58.4 Å². The molecule has 1 rings (SSSR count). The smallest absolute Gasteiger partial charge is 0.220 e. The third kappa shape index (κ3) is 6.92. The molecule has 0 radical (unpaired) electrons. The lowest BCUT2D eigenvalue weighted by molar-refractivity contribution is -0.121. The van der Waals surface area contributed by atoms with Gasteiger partial charge in [-0.15, -0.1) is 0 Å². The lowest BCUT2D eigenvalue weighted by Gasteiger charge is -2.26. The Hall–Kier alpha value is -0.610. The third-order valence-corrected chi connectivity index (χ3v) is 4.25. The Bertz CT molecular complexity index is 254. The van der Waals surface area contributed by atoms with Crippen LogP contribution in [0.2, 0.25) is 0 Å². The van der Waals surface area contributed by atoms with Crippen molar-refractivity contribution in [1.82, 2.24) is 10.2 Å². The van der Waals surface area contributed by atoms with Crippen molar-refractivity contribution in [3.8, 4) is 0 Å². The highest BCUT2D eigenvalue weighted by atomic mass is 16.1. The first-order valence-corrected chi connectivity index (χ1v) is 7.90. The molecule has 4 heteroatoms. The van der Waals surface area contributed by atoms with Gasteiger partial charge in [-0.25, -0.2) is 0 Å². The summed E-state index contributed by atoms with van der Waals surface area (Å²) in [6.07, 6.45) is 6.41. The molecule has 4 nitrogen and oxygen atoms in total. The van der Waals surface area contributed by atoms with Crippen molar-refractivity contribution in [2.45, 2.75) is 58.4 Å². The Balaban J connectivity index is 2.07. The zero-order valence-corrected chi connectivity index (χ0v) is 12.7. The van der Waals surface area contributed by atoms with Crippen molar-refractivity contribution in [3.63, 3.8) is 0 Å². The second-order valence-electron chi connectivity index (χ2n) is 5.71. The fourth-order valence-corrected chi connectivity index (χ4v) is 2.91. The number of nitrogens with two attached hydrogens (primary N) is 1. The molecule has 0 aromatic carbocycles. The number of hydrogen-bond donors (Lipinski definition) is 2. The Morgan fingerprint density at radius 3 is 2.68 bits per heavy atom. The fourth-order valence-electron chi connectivity index (χ4n) is 2.91. The van der Waals surface area contributed by atoms with E-state index in [1.807, 2.05) is 0 Å². The number of likely N-dealkylation sites (N-methyl/N-ethyl adjacent to an activating group) is 1. The van der Waals surface area contributed by atoms with Gasteiger partial charge in [0, 0.05) is 25.6 Å². The largest absolute Gasteiger partial charge is 0.355 e. The zero-order chi connectivity index (χ0) is 14.1. The quantitative estimate of drug-likeness (QED) is 0.706. The molecular formula is C15H31N3O. The Labute approximate surface area is 118 Å². The summed E-state index contributed by atoms with van der Waals surface area (Å²) < 4.78 is 0. The molecular weight excluding hydrogens is 238 g/mol. The van der Waals surface area contributed by atoms with E-state index in [1.165, 1.54) is 12.8 Å². The molecule has 1 aliphatic rings. The molecule has 2 unspecified atom stereocenters. The lowest BCUT2D eigenvalue weighted by Crippen LogP contribution is -2.35. The minimum absolute atomic E-state index is 0.200. The molecule has 2 atom stereocenters. The minimum atomic E-state index is 0.200. The molecule has 1 amide bonds. The van der Waals surface area contributed by atoms with Crippen LogP contribution in [0.3, 0.4) is 0 Å². The molecule has 112 valence electrons. The molecule has 0 spiro atoms. The van der Waals surface area contributed by atoms with Crippen molar-refractivity contribution in [2.24, 2.45) is 11.7 Å². The van der Waals surface area contributed by atoms with Gasteiger partial charge in [-0.1, -0.05) is 26.7 Å². The number of nitrogens with one attached hydrogen (secondary N) is 1. The first kappa shape index (κ1) is 16.4. The Morgan fingerprint density at radius 1 is 1.32 bits per heavy atom. The number of carbonyl (C=O) groups is 1. The molecule has 0 saturated heterocycles. The summed E-state index contributed by atoms with van der Waals surface area (Å²) in [4.78, 5) is 14.1. The van der Waals surface area contributed by atoms with Gasteiger partial charge in [0.15, 0.2) is 0 Å². The Kier molecular flexibility index (Phi) is 8.07. The summed E-state index contributed by atoms with van der Waals surface area (Å²) in [5, 5.41) is 3.02. The van der Waals surface area contributed by atoms with Crippen molar-refractivity contribution in [3.05, 3.63) is 0 Å². The number of hydrogen-bond acceptors (Lipinski definition) is 3. The van der Waals surface area contributed by atoms with E-state index >= 15 is 0 Å². The average Bonchev–Trinajstić information content (AvgIpc) is 2.41. The zero-order valence-electron chi connectivity index (χ0n) is 12.7. The second kappa shape index (κ2) is 9.32. The highest BCUT2D eigenvalue weighted by molar-refractivity contribution is 5.75. The van der Waals surface area contributed by atoms with E-state index in [1.54, 1.807) is 0 Å². The van der Waals surface area contributed by atoms with Gasteiger partial charge in [0.2, 0.25) is 5.91 Å². The molecule has 0 bridgehead atoms. The van der Waals surface area contributed by atoms with Crippen LogP contribution in [0.4, 0.5) is 0 Å². The first-order chi connectivity index (χ1) is 9.15. The molecule has 1 saturated carbocycles. The first-order valence-electron chi connectivity index (χ1n) is 7.90. The standard InChI is InChI=1S/C15H31N3O/c1-3-18(4-2)11-10-17-15(19)9-8-13-6-5-7-14(16)12-13/h13-14H,3-12,16H2,1-2H3,(H,17,19). The number of rotatable bonds is 8. The third-order valence-electron chi connectivity index (χ3n) is 4.25. The minimum Gasteiger partial charge on any atom is -0.355 e. The normalized spacial score (nSPS) is 23.6. The van der Waals surface area contributed by atoms with Gasteiger partial charge in [-0.05, 0) is 38.3 Å². The number of carbonyl (C=O) groups excluding carboxylic acids is 1. The fraction of sp³-hybridized carbons (Fsp3) is 0.933. The van der Waals surface area contributed by atoms with E-state index in [0.29, 0.717) is 18.4 Å². The summed E-state index contributed by atoms with van der Waals surface area (Å²) in [7, 11) is 0. The molecule has 3 N–H and O–H groups in total. The van der Waals surface area contributed by atoms with Gasteiger partial charge in [0.05, 0.1) is 0 Å². The summed E-state index contributed by atoms with van der Waals surface area (Å²) in [6.45, 7) is 8.12. The molecule has 0 aromatic heterocycles. The SMILES string of the molecule is CCN(CC)CCNC(=O)CCC1CCCC(N)C1. The van der Waals surface area contributed by atoms with Crippen molar-refractivity contribution < 1.29 is 4.79 Å². The average molecular weight is 269 g/mol. The van der Waals surface area contributed by atoms with Crippen LogP contribution in [-0.4, -0.2) is 43.0 Å². The van der Waals surface area contributed by atoms with Crippen LogP contribution in [-0.2, 0) is 4.79 Å². The summed E-state index contributed by atoms with van der Waals surface area (Å²) in [5.41, 5.74) is 5.97. The van der Waals surface area contributed by atoms with Crippen molar-refractivity contribution in [2.75, 3.05) is 26.2 Å². The van der Waals surface area contributed by atoms with E-state index < -0.39 is 0 Å². The number of nitrogens with zero attached hydrogens (tertiary/aromatic N) is 1. The molecule has 1 fully saturated rings. The van der Waals surface area contributed by atoms with E-state index in [-0.39, 0.29) is 5.91 Å². The monoisotopic (exact) mass is 269 g/mol. The molecule has 1 aliphatic carbocycles. The summed E-state index contributed by atoms with van der Waals surface area (Å²) >= 11 is 0. The number of amides is 1. The van der Waals surface area contributed by atoms with Crippen LogP contribution in [0.5, 0.6) is 0 Å². The maximum absolute atomic E-state index is 11.8.